The molecule has 0 saturated carbocycles. The van der Waals surface area contributed by atoms with Crippen LogP contribution in [0, 0.1) is 5.82 Å². The van der Waals surface area contributed by atoms with Crippen molar-refractivity contribution in [1.82, 2.24) is 15.3 Å². The Balaban J connectivity index is 2.08. The molecule has 4 nitrogen and oxygen atoms in total. The summed E-state index contributed by atoms with van der Waals surface area (Å²) in [6.45, 7) is 2.74. The van der Waals surface area contributed by atoms with Crippen molar-refractivity contribution >= 4 is 11.0 Å². The summed E-state index contributed by atoms with van der Waals surface area (Å²) < 4.78 is 19.4. The third-order valence-electron chi connectivity index (χ3n) is 3.11. The number of nitrogens with one attached hydrogen (secondary N) is 1. The smallest absolute Gasteiger partial charge is 0.169 e. The fraction of sp³-hybridized carbons (Fsp3) is 0.200. The number of para-hydroxylation sites is 1. The fourth-order valence-electron chi connectivity index (χ4n) is 2.22. The summed E-state index contributed by atoms with van der Waals surface area (Å²) in [7, 11) is 0. The van der Waals surface area contributed by atoms with E-state index < -0.39 is 0 Å². The second kappa shape index (κ2) is 5.38. The number of nitrogens with zero attached hydrogens (tertiary/aromatic N) is 2. The Hall–Kier alpha value is -2.27. The minimum Gasteiger partial charge on any atom is -0.456 e. The maximum atomic E-state index is 13.7. The lowest BCUT2D eigenvalue weighted by Crippen LogP contribution is -2.22. The number of hydrogen-bond acceptors (Lipinski definition) is 4. The number of halogens is 1. The van der Waals surface area contributed by atoms with E-state index in [0.29, 0.717) is 5.76 Å². The number of benzene rings is 1. The minimum atomic E-state index is -0.355. The van der Waals surface area contributed by atoms with Crippen molar-refractivity contribution in [3.8, 4) is 0 Å². The highest BCUT2D eigenvalue weighted by atomic mass is 19.1. The molecule has 0 amide bonds. The van der Waals surface area contributed by atoms with Crippen molar-refractivity contribution in [2.75, 3.05) is 6.54 Å². The van der Waals surface area contributed by atoms with Gasteiger partial charge < -0.3 is 9.73 Å². The van der Waals surface area contributed by atoms with Crippen LogP contribution in [0.5, 0.6) is 0 Å². The second-order valence-corrected chi connectivity index (χ2v) is 4.43. The van der Waals surface area contributed by atoms with E-state index in [1.807, 2.05) is 25.1 Å². The zero-order valence-corrected chi connectivity index (χ0v) is 11.0. The van der Waals surface area contributed by atoms with Crippen LogP contribution in [0.2, 0.25) is 0 Å². The van der Waals surface area contributed by atoms with E-state index in [9.17, 15) is 4.39 Å². The molecule has 20 heavy (non-hydrogen) atoms. The molecule has 0 saturated heterocycles. The Morgan fingerprint density at radius 3 is 2.95 bits per heavy atom. The summed E-state index contributed by atoms with van der Waals surface area (Å²) in [5, 5.41) is 4.04. The van der Waals surface area contributed by atoms with Crippen LogP contribution in [-0.2, 0) is 0 Å². The van der Waals surface area contributed by atoms with Crippen LogP contribution in [0.3, 0.4) is 0 Å². The van der Waals surface area contributed by atoms with Crippen molar-refractivity contribution in [3.05, 3.63) is 60.1 Å². The quantitative estimate of drug-likeness (QED) is 0.792. The molecule has 5 heteroatoms. The lowest BCUT2D eigenvalue weighted by molar-refractivity contribution is 0.459. The van der Waals surface area contributed by atoms with Crippen molar-refractivity contribution in [3.63, 3.8) is 0 Å². The average Bonchev–Trinajstić information content (AvgIpc) is 2.91. The van der Waals surface area contributed by atoms with E-state index in [2.05, 4.69) is 15.3 Å². The summed E-state index contributed by atoms with van der Waals surface area (Å²) in [4.78, 5) is 8.15. The van der Waals surface area contributed by atoms with Crippen LogP contribution in [0.1, 0.15) is 24.4 Å². The highest BCUT2D eigenvalue weighted by Gasteiger charge is 2.19. The topological polar surface area (TPSA) is 51.0 Å². The third-order valence-corrected chi connectivity index (χ3v) is 3.11. The highest BCUT2D eigenvalue weighted by Crippen LogP contribution is 2.28. The zero-order valence-electron chi connectivity index (χ0n) is 11.0. The number of aromatic nitrogens is 2. The number of fused-ring (bicyclic) bond motifs is 1. The van der Waals surface area contributed by atoms with Gasteiger partial charge in [-0.1, -0.05) is 19.1 Å². The standard InChI is InChI=1S/C15H14FN3O/c1-2-18-14(12-6-7-17-9-19-12)13-8-10-4-3-5-11(16)15(10)20-13/h3-9,14,18H,2H2,1H3. The van der Waals surface area contributed by atoms with Gasteiger partial charge >= 0.3 is 0 Å². The van der Waals surface area contributed by atoms with Gasteiger partial charge in [-0.2, -0.15) is 0 Å². The lowest BCUT2D eigenvalue weighted by Gasteiger charge is -2.14. The largest absolute Gasteiger partial charge is 0.456 e. The molecule has 0 bridgehead atoms. The Labute approximate surface area is 115 Å². The van der Waals surface area contributed by atoms with Gasteiger partial charge in [-0.25, -0.2) is 14.4 Å². The van der Waals surface area contributed by atoms with Gasteiger partial charge in [0, 0.05) is 11.6 Å². The van der Waals surface area contributed by atoms with Crippen LogP contribution < -0.4 is 5.32 Å². The summed E-state index contributed by atoms with van der Waals surface area (Å²) in [6.07, 6.45) is 3.17. The molecule has 1 aromatic carbocycles. The normalized spacial score (nSPS) is 12.7. The third kappa shape index (κ3) is 2.28. The van der Waals surface area contributed by atoms with Gasteiger partial charge in [0.1, 0.15) is 18.1 Å². The van der Waals surface area contributed by atoms with Crippen LogP contribution in [0.4, 0.5) is 4.39 Å². The molecule has 0 fully saturated rings. The van der Waals surface area contributed by atoms with Gasteiger partial charge in [-0.15, -0.1) is 0 Å². The molecule has 0 radical (unpaired) electrons. The number of hydrogen-bond donors (Lipinski definition) is 1. The van der Waals surface area contributed by atoms with E-state index in [4.69, 9.17) is 4.42 Å². The Bertz CT molecular complexity index is 711. The van der Waals surface area contributed by atoms with E-state index in [1.54, 1.807) is 12.3 Å². The van der Waals surface area contributed by atoms with Crippen molar-refractivity contribution in [2.24, 2.45) is 0 Å². The molecule has 2 aromatic heterocycles. The summed E-state index contributed by atoms with van der Waals surface area (Å²) in [5.41, 5.74) is 1.07. The predicted molar refractivity (Wildman–Crippen MR) is 73.7 cm³/mol. The maximum Gasteiger partial charge on any atom is 0.169 e. The van der Waals surface area contributed by atoms with Crippen LogP contribution in [0.25, 0.3) is 11.0 Å². The molecule has 1 N–H and O–H groups in total. The van der Waals surface area contributed by atoms with Gasteiger partial charge in [0.15, 0.2) is 11.4 Å². The Morgan fingerprint density at radius 2 is 2.25 bits per heavy atom. The van der Waals surface area contributed by atoms with Gasteiger partial charge in [0.2, 0.25) is 0 Å². The molecule has 102 valence electrons. The Kier molecular flexibility index (Phi) is 3.43. The SMILES string of the molecule is CCNC(c1ccncn1)c1cc2cccc(F)c2o1. The molecule has 0 spiro atoms. The van der Waals surface area contributed by atoms with Gasteiger partial charge in [0.05, 0.1) is 5.69 Å². The van der Waals surface area contributed by atoms with Crippen LogP contribution >= 0.6 is 0 Å². The summed E-state index contributed by atoms with van der Waals surface area (Å²) in [6, 6.07) is 8.33. The van der Waals surface area contributed by atoms with E-state index in [0.717, 1.165) is 17.6 Å². The molecule has 1 unspecified atom stereocenters. The molecular formula is C15H14FN3O. The van der Waals surface area contributed by atoms with Gasteiger partial charge in [0.25, 0.3) is 0 Å². The fourth-order valence-corrected chi connectivity index (χ4v) is 2.22. The molecular weight excluding hydrogens is 257 g/mol. The Morgan fingerprint density at radius 1 is 1.35 bits per heavy atom. The predicted octanol–water partition coefficient (Wildman–Crippen LogP) is 3.06. The highest BCUT2D eigenvalue weighted by molar-refractivity contribution is 5.78. The lowest BCUT2D eigenvalue weighted by atomic mass is 10.1. The minimum absolute atomic E-state index is 0.213. The number of rotatable bonds is 4. The first-order valence-corrected chi connectivity index (χ1v) is 6.47. The van der Waals surface area contributed by atoms with Crippen molar-refractivity contribution in [2.45, 2.75) is 13.0 Å². The van der Waals surface area contributed by atoms with Crippen LogP contribution in [-0.4, -0.2) is 16.5 Å². The van der Waals surface area contributed by atoms with Crippen molar-refractivity contribution < 1.29 is 8.81 Å². The molecule has 0 aliphatic rings. The molecule has 3 rings (SSSR count). The average molecular weight is 271 g/mol. The zero-order chi connectivity index (χ0) is 13.9. The van der Waals surface area contributed by atoms with E-state index in [-0.39, 0.29) is 17.4 Å². The summed E-state index contributed by atoms with van der Waals surface area (Å²) >= 11 is 0. The molecule has 0 aliphatic carbocycles. The van der Waals surface area contributed by atoms with E-state index in [1.165, 1.54) is 12.4 Å². The number of furan rings is 1. The van der Waals surface area contributed by atoms with E-state index >= 15 is 0 Å². The van der Waals surface area contributed by atoms with Crippen LogP contribution in [0.15, 0.2) is 47.3 Å². The first-order valence-electron chi connectivity index (χ1n) is 6.47. The van der Waals surface area contributed by atoms with Crippen molar-refractivity contribution in [1.29, 1.82) is 0 Å². The van der Waals surface area contributed by atoms with Gasteiger partial charge in [-0.3, -0.25) is 0 Å². The summed E-state index contributed by atoms with van der Waals surface area (Å²) in [5.74, 6) is 0.289. The molecule has 0 aliphatic heterocycles. The maximum absolute atomic E-state index is 13.7. The first-order chi connectivity index (χ1) is 9.79. The first kappa shape index (κ1) is 12.7. The molecule has 2 heterocycles. The second-order valence-electron chi connectivity index (χ2n) is 4.43. The monoisotopic (exact) mass is 271 g/mol. The van der Waals surface area contributed by atoms with Gasteiger partial charge in [-0.05, 0) is 24.7 Å². The molecule has 1 atom stereocenters. The molecule has 3 aromatic rings.